The first-order valence-corrected chi connectivity index (χ1v) is 8.69. The summed E-state index contributed by atoms with van der Waals surface area (Å²) in [6.07, 6.45) is 0.770. The van der Waals surface area contributed by atoms with Gasteiger partial charge in [-0.15, -0.1) is 0 Å². The fourth-order valence-corrected chi connectivity index (χ4v) is 3.21. The van der Waals surface area contributed by atoms with Gasteiger partial charge in [-0.3, -0.25) is 9.59 Å². The van der Waals surface area contributed by atoms with Gasteiger partial charge in [0.2, 0.25) is 6.35 Å². The number of carbonyl (C=O) groups excluding carboxylic acids is 1. The predicted octanol–water partition coefficient (Wildman–Crippen LogP) is 1.51. The van der Waals surface area contributed by atoms with Crippen molar-refractivity contribution in [3.8, 4) is 0 Å². The number of hydrogen-bond donors (Lipinski definition) is 3. The van der Waals surface area contributed by atoms with Crippen molar-refractivity contribution >= 4 is 34.8 Å². The summed E-state index contributed by atoms with van der Waals surface area (Å²) in [4.78, 5) is 33.4. The lowest BCUT2D eigenvalue weighted by Gasteiger charge is -2.34. The third kappa shape index (κ3) is 3.45. The maximum Gasteiger partial charge on any atom is 0.303 e. The number of fused-ring (bicyclic) bond motifs is 2. The minimum absolute atomic E-state index is 0.0886. The Morgan fingerprint density at radius 1 is 1.35 bits per heavy atom. The Morgan fingerprint density at radius 2 is 2.12 bits per heavy atom. The SMILES string of the molecule is CCc1cc2c(cc1C)N=C1C(=O)NC(O)N=C1N2CCCCC(=O)O. The molecule has 1 aromatic carbocycles. The van der Waals surface area contributed by atoms with Gasteiger partial charge >= 0.3 is 5.97 Å². The van der Waals surface area contributed by atoms with Crippen LogP contribution in [0.15, 0.2) is 22.1 Å². The molecule has 1 unspecified atom stereocenters. The zero-order valence-electron chi connectivity index (χ0n) is 14.8. The molecule has 1 amide bonds. The summed E-state index contributed by atoms with van der Waals surface area (Å²) in [6, 6.07) is 3.98. The molecule has 3 rings (SSSR count). The number of rotatable bonds is 6. The number of carboxylic acid groups (broad SMARTS) is 1. The molecule has 0 radical (unpaired) electrons. The second-order valence-electron chi connectivity index (χ2n) is 6.38. The molecule has 0 saturated heterocycles. The summed E-state index contributed by atoms with van der Waals surface area (Å²) in [5.74, 6) is -0.976. The topological polar surface area (TPSA) is 115 Å². The Morgan fingerprint density at radius 3 is 2.81 bits per heavy atom. The van der Waals surface area contributed by atoms with E-state index in [1.54, 1.807) is 0 Å². The van der Waals surface area contributed by atoms with Gasteiger partial charge in [0.25, 0.3) is 5.91 Å². The summed E-state index contributed by atoms with van der Waals surface area (Å²) in [5.41, 5.74) is 3.94. The number of aliphatic hydroxyl groups is 1. The van der Waals surface area contributed by atoms with Gasteiger partial charge in [-0.25, -0.2) is 9.98 Å². The Bertz CT molecular complexity index is 816. The maximum atomic E-state index is 12.2. The number of benzene rings is 1. The molecule has 3 N–H and O–H groups in total. The van der Waals surface area contributed by atoms with E-state index in [4.69, 9.17) is 5.11 Å². The van der Waals surface area contributed by atoms with Crippen molar-refractivity contribution in [3.05, 3.63) is 23.3 Å². The minimum Gasteiger partial charge on any atom is -0.481 e. The molecule has 0 fully saturated rings. The number of nitrogens with one attached hydrogen (secondary N) is 1. The number of carboxylic acids is 1. The van der Waals surface area contributed by atoms with Crippen molar-refractivity contribution in [3.63, 3.8) is 0 Å². The molecule has 26 heavy (non-hydrogen) atoms. The fourth-order valence-electron chi connectivity index (χ4n) is 3.21. The number of unbranched alkanes of at least 4 members (excludes halogenated alkanes) is 1. The maximum absolute atomic E-state index is 12.2. The van der Waals surface area contributed by atoms with E-state index in [-0.39, 0.29) is 12.1 Å². The molecule has 0 spiro atoms. The monoisotopic (exact) mass is 358 g/mol. The zero-order chi connectivity index (χ0) is 18.8. The van der Waals surface area contributed by atoms with Gasteiger partial charge in [0, 0.05) is 13.0 Å². The average Bonchev–Trinajstić information content (AvgIpc) is 2.57. The van der Waals surface area contributed by atoms with Gasteiger partial charge in [0.1, 0.15) is 0 Å². The van der Waals surface area contributed by atoms with Crippen molar-refractivity contribution in [2.45, 2.75) is 45.9 Å². The van der Waals surface area contributed by atoms with Gasteiger partial charge < -0.3 is 20.4 Å². The number of anilines is 1. The van der Waals surface area contributed by atoms with Crippen LogP contribution in [0.1, 0.15) is 37.3 Å². The number of aryl methyl sites for hydroxylation is 2. The zero-order valence-corrected chi connectivity index (χ0v) is 14.8. The number of aliphatic hydroxyl groups excluding tert-OH is 1. The largest absolute Gasteiger partial charge is 0.481 e. The third-order valence-corrected chi connectivity index (χ3v) is 4.55. The molecule has 8 heteroatoms. The lowest BCUT2D eigenvalue weighted by Crippen LogP contribution is -2.53. The minimum atomic E-state index is -1.31. The van der Waals surface area contributed by atoms with Crippen LogP contribution in [0, 0.1) is 6.92 Å². The van der Waals surface area contributed by atoms with Crippen LogP contribution in [0.5, 0.6) is 0 Å². The van der Waals surface area contributed by atoms with Crippen LogP contribution in [0.3, 0.4) is 0 Å². The molecule has 0 aromatic heterocycles. The van der Waals surface area contributed by atoms with E-state index in [0.717, 1.165) is 17.7 Å². The molecule has 0 aliphatic carbocycles. The number of aliphatic imine (C=N–C) groups is 2. The first-order valence-electron chi connectivity index (χ1n) is 8.69. The number of amides is 1. The number of nitrogens with zero attached hydrogens (tertiary/aromatic N) is 3. The van der Waals surface area contributed by atoms with Crippen molar-refractivity contribution in [2.24, 2.45) is 9.98 Å². The van der Waals surface area contributed by atoms with Crippen LogP contribution >= 0.6 is 0 Å². The van der Waals surface area contributed by atoms with Crippen LogP contribution in [0.2, 0.25) is 0 Å². The summed E-state index contributed by atoms with van der Waals surface area (Å²) < 4.78 is 0. The highest BCUT2D eigenvalue weighted by Gasteiger charge is 2.35. The van der Waals surface area contributed by atoms with Gasteiger partial charge in [-0.1, -0.05) is 6.92 Å². The van der Waals surface area contributed by atoms with Crippen LogP contribution < -0.4 is 10.2 Å². The summed E-state index contributed by atoms with van der Waals surface area (Å²) in [7, 11) is 0. The molecule has 1 atom stereocenters. The van der Waals surface area contributed by atoms with Crippen molar-refractivity contribution in [2.75, 3.05) is 11.4 Å². The number of amidine groups is 1. The van der Waals surface area contributed by atoms with E-state index in [2.05, 4.69) is 22.2 Å². The lowest BCUT2D eigenvalue weighted by atomic mass is 10.0. The van der Waals surface area contributed by atoms with Crippen LogP contribution in [-0.4, -0.2) is 46.5 Å². The van der Waals surface area contributed by atoms with Crippen molar-refractivity contribution in [1.29, 1.82) is 0 Å². The van der Waals surface area contributed by atoms with Crippen LogP contribution in [0.4, 0.5) is 11.4 Å². The summed E-state index contributed by atoms with van der Waals surface area (Å²) in [5, 5.41) is 21.0. The Hall–Kier alpha value is -2.74. The van der Waals surface area contributed by atoms with E-state index < -0.39 is 18.2 Å². The van der Waals surface area contributed by atoms with Crippen molar-refractivity contribution in [1.82, 2.24) is 5.32 Å². The van der Waals surface area contributed by atoms with E-state index in [9.17, 15) is 14.7 Å². The van der Waals surface area contributed by atoms with E-state index in [0.29, 0.717) is 30.9 Å². The lowest BCUT2D eigenvalue weighted by molar-refractivity contribution is -0.137. The predicted molar refractivity (Wildman–Crippen MR) is 98.1 cm³/mol. The molecule has 2 heterocycles. The third-order valence-electron chi connectivity index (χ3n) is 4.55. The molecule has 0 saturated carbocycles. The van der Waals surface area contributed by atoms with Gasteiger partial charge in [-0.2, -0.15) is 0 Å². The molecule has 0 bridgehead atoms. The molecule has 2 aliphatic rings. The van der Waals surface area contributed by atoms with Crippen LogP contribution in [-0.2, 0) is 16.0 Å². The van der Waals surface area contributed by atoms with E-state index >= 15 is 0 Å². The van der Waals surface area contributed by atoms with Gasteiger partial charge in [-0.05, 0) is 49.4 Å². The first-order chi connectivity index (χ1) is 12.4. The Kier molecular flexibility index (Phi) is 5.03. The second-order valence-corrected chi connectivity index (χ2v) is 6.38. The smallest absolute Gasteiger partial charge is 0.303 e. The standard InChI is InChI=1S/C18H22N4O4/c1-3-11-9-13-12(8-10(11)2)19-15-16(20-18(26)21-17(15)25)22(13)7-5-4-6-14(23)24/h8-9,18,26H,3-7H2,1-2H3,(H,21,25)(H,23,24). The van der Waals surface area contributed by atoms with Crippen molar-refractivity contribution < 1.29 is 19.8 Å². The first kappa shape index (κ1) is 18.1. The Balaban J connectivity index is 2.00. The summed E-state index contributed by atoms with van der Waals surface area (Å²) >= 11 is 0. The van der Waals surface area contributed by atoms with Gasteiger partial charge in [0.05, 0.1) is 11.4 Å². The fraction of sp³-hybridized carbons (Fsp3) is 0.444. The van der Waals surface area contributed by atoms with E-state index in [1.165, 1.54) is 5.56 Å². The molecular weight excluding hydrogens is 336 g/mol. The molecular formula is C18H22N4O4. The normalized spacial score (nSPS) is 18.5. The van der Waals surface area contributed by atoms with Crippen LogP contribution in [0.25, 0.3) is 0 Å². The molecule has 2 aliphatic heterocycles. The molecule has 8 nitrogen and oxygen atoms in total. The number of hydrogen-bond acceptors (Lipinski definition) is 6. The molecule has 138 valence electrons. The van der Waals surface area contributed by atoms with Gasteiger partial charge in [0.15, 0.2) is 11.5 Å². The average molecular weight is 358 g/mol. The van der Waals surface area contributed by atoms with E-state index in [1.807, 2.05) is 24.0 Å². The highest BCUT2D eigenvalue weighted by Crippen LogP contribution is 2.36. The summed E-state index contributed by atoms with van der Waals surface area (Å²) in [6.45, 7) is 4.56. The highest BCUT2D eigenvalue weighted by molar-refractivity contribution is 6.70. The Labute approximate surface area is 151 Å². The second kappa shape index (κ2) is 7.25. The highest BCUT2D eigenvalue weighted by atomic mass is 16.4. The number of aliphatic carboxylic acids is 1. The number of carbonyl (C=O) groups is 2. The molecule has 1 aromatic rings. The quantitative estimate of drug-likeness (QED) is 0.667.